The van der Waals surface area contributed by atoms with E-state index in [1.807, 2.05) is 0 Å². The Bertz CT molecular complexity index is 717. The summed E-state index contributed by atoms with van der Waals surface area (Å²) in [5.74, 6) is 0.658. The van der Waals surface area contributed by atoms with Gasteiger partial charge in [-0.15, -0.1) is 0 Å². The van der Waals surface area contributed by atoms with Gasteiger partial charge in [-0.1, -0.05) is 22.0 Å². The third kappa shape index (κ3) is 4.47. The number of nitrogens with zero attached hydrogens (tertiary/aromatic N) is 1. The van der Waals surface area contributed by atoms with Gasteiger partial charge in [0.05, 0.1) is 18.0 Å². The van der Waals surface area contributed by atoms with E-state index in [4.69, 9.17) is 9.47 Å². The van der Waals surface area contributed by atoms with Crippen LogP contribution in [0.15, 0.2) is 36.5 Å². The van der Waals surface area contributed by atoms with E-state index in [0.29, 0.717) is 22.6 Å². The molecule has 1 aromatic heterocycles. The lowest BCUT2D eigenvalue weighted by Gasteiger charge is -2.11. The van der Waals surface area contributed by atoms with Crippen LogP contribution in [-0.2, 0) is 12.8 Å². The molecular weight excluding hydrogens is 391 g/mol. The second-order valence-corrected chi connectivity index (χ2v) is 5.32. The number of benzene rings is 1. The molecule has 0 aliphatic carbocycles. The van der Waals surface area contributed by atoms with E-state index in [2.05, 4.69) is 20.9 Å². The minimum Gasteiger partial charge on any atom is -0.496 e. The number of hydrogen-bond acceptors (Lipinski definition) is 4. The van der Waals surface area contributed by atoms with Crippen molar-refractivity contribution in [3.63, 3.8) is 0 Å². The predicted octanol–water partition coefficient (Wildman–Crippen LogP) is 4.27. The molecule has 2 rings (SSSR count). The second-order valence-electron chi connectivity index (χ2n) is 4.76. The lowest BCUT2D eigenvalue weighted by Crippen LogP contribution is -2.08. The highest BCUT2D eigenvalue weighted by molar-refractivity contribution is 9.09. The number of carbonyl (C=O) groups excluding carboxylic acids is 1. The van der Waals surface area contributed by atoms with Gasteiger partial charge < -0.3 is 9.47 Å². The van der Waals surface area contributed by atoms with Crippen LogP contribution in [0.4, 0.5) is 13.2 Å². The molecule has 0 N–H and O–H groups in total. The van der Waals surface area contributed by atoms with Crippen molar-refractivity contribution in [1.82, 2.24) is 4.98 Å². The molecule has 0 aliphatic rings. The van der Waals surface area contributed by atoms with E-state index in [-0.39, 0.29) is 17.7 Å². The molecule has 24 heavy (non-hydrogen) atoms. The summed E-state index contributed by atoms with van der Waals surface area (Å²) in [7, 11) is 1.43. The van der Waals surface area contributed by atoms with Crippen LogP contribution in [0.2, 0.25) is 0 Å². The van der Waals surface area contributed by atoms with Crippen molar-refractivity contribution in [3.8, 4) is 11.5 Å². The molecule has 0 saturated carbocycles. The normalized spacial score (nSPS) is 11.2. The zero-order valence-corrected chi connectivity index (χ0v) is 14.1. The monoisotopic (exact) mass is 403 g/mol. The lowest BCUT2D eigenvalue weighted by molar-refractivity contribution is -0.141. The number of carbonyl (C=O) groups is 1. The predicted molar refractivity (Wildman–Crippen MR) is 84.7 cm³/mol. The Hall–Kier alpha value is -2.09. The van der Waals surface area contributed by atoms with Gasteiger partial charge in [-0.25, -0.2) is 0 Å². The molecule has 1 heterocycles. The third-order valence-corrected chi connectivity index (χ3v) is 3.62. The van der Waals surface area contributed by atoms with Gasteiger partial charge in [0.1, 0.15) is 23.8 Å². The number of alkyl halides is 4. The van der Waals surface area contributed by atoms with E-state index in [0.717, 1.165) is 12.3 Å². The van der Waals surface area contributed by atoms with Gasteiger partial charge in [0.15, 0.2) is 5.78 Å². The van der Waals surface area contributed by atoms with E-state index in [1.165, 1.54) is 13.2 Å². The number of methoxy groups -OCH3 is 1. The SMILES string of the molecule is COc1cc(OCc2ccc(C(F)(F)F)nc2)ccc1C(=O)CBr. The summed E-state index contributed by atoms with van der Waals surface area (Å²) in [6.07, 6.45) is -3.35. The maximum atomic E-state index is 12.4. The fraction of sp³-hybridized carbons (Fsp3) is 0.250. The maximum Gasteiger partial charge on any atom is 0.433 e. The standard InChI is InChI=1S/C16H13BrF3NO3/c1-23-14-6-11(3-4-12(14)13(22)7-17)24-9-10-2-5-15(21-8-10)16(18,19)20/h2-6,8H,7,9H2,1H3. The molecule has 2 aromatic rings. The number of rotatable bonds is 6. The van der Waals surface area contributed by atoms with E-state index >= 15 is 0 Å². The highest BCUT2D eigenvalue weighted by atomic mass is 79.9. The highest BCUT2D eigenvalue weighted by Gasteiger charge is 2.31. The highest BCUT2D eigenvalue weighted by Crippen LogP contribution is 2.28. The Labute approximate surface area is 144 Å². The van der Waals surface area contributed by atoms with Crippen molar-refractivity contribution in [1.29, 1.82) is 0 Å². The maximum absolute atomic E-state index is 12.4. The average molecular weight is 404 g/mol. The molecule has 0 radical (unpaired) electrons. The van der Waals surface area contributed by atoms with Crippen molar-refractivity contribution < 1.29 is 27.4 Å². The summed E-state index contributed by atoms with van der Waals surface area (Å²) >= 11 is 3.09. The number of aromatic nitrogens is 1. The molecule has 0 spiro atoms. The first-order valence-corrected chi connectivity index (χ1v) is 7.89. The van der Waals surface area contributed by atoms with Crippen LogP contribution in [0.25, 0.3) is 0 Å². The van der Waals surface area contributed by atoms with Crippen LogP contribution in [0, 0.1) is 0 Å². The first kappa shape index (κ1) is 18.3. The van der Waals surface area contributed by atoms with Gasteiger partial charge in [-0.2, -0.15) is 13.2 Å². The summed E-state index contributed by atoms with van der Waals surface area (Å²) < 4.78 is 48.0. The van der Waals surface area contributed by atoms with Crippen molar-refractivity contribution in [2.75, 3.05) is 12.4 Å². The molecular formula is C16H13BrF3NO3. The number of ether oxygens (including phenoxy) is 2. The van der Waals surface area contributed by atoms with E-state index in [1.54, 1.807) is 18.2 Å². The van der Waals surface area contributed by atoms with Crippen LogP contribution in [0.3, 0.4) is 0 Å². The molecule has 0 bridgehead atoms. The number of ketones is 1. The van der Waals surface area contributed by atoms with Gasteiger partial charge in [0.2, 0.25) is 0 Å². The Morgan fingerprint density at radius 3 is 2.54 bits per heavy atom. The number of Topliss-reactive ketones (excluding diaryl/α,β-unsaturated/α-hetero) is 1. The summed E-state index contributed by atoms with van der Waals surface area (Å²) in [5.41, 5.74) is -0.0499. The van der Waals surface area contributed by atoms with Crippen LogP contribution in [-0.4, -0.2) is 23.2 Å². The van der Waals surface area contributed by atoms with Crippen LogP contribution in [0.5, 0.6) is 11.5 Å². The molecule has 128 valence electrons. The van der Waals surface area contributed by atoms with Crippen molar-refractivity contribution in [2.24, 2.45) is 0 Å². The number of pyridine rings is 1. The summed E-state index contributed by atoms with van der Waals surface area (Å²) in [4.78, 5) is 15.1. The molecule has 1 aromatic carbocycles. The topological polar surface area (TPSA) is 48.4 Å². The Kier molecular flexibility index (Phi) is 5.82. The quantitative estimate of drug-likeness (QED) is 0.533. The van der Waals surface area contributed by atoms with Crippen molar-refractivity contribution in [2.45, 2.75) is 12.8 Å². The molecule has 0 saturated heterocycles. The van der Waals surface area contributed by atoms with Crippen LogP contribution < -0.4 is 9.47 Å². The molecule has 0 fully saturated rings. The number of halogens is 4. The zero-order chi connectivity index (χ0) is 17.7. The molecule has 0 unspecified atom stereocenters. The minimum absolute atomic E-state index is 0.0417. The average Bonchev–Trinajstić information content (AvgIpc) is 2.58. The molecule has 0 aliphatic heterocycles. The first-order chi connectivity index (χ1) is 11.3. The molecule has 0 atom stereocenters. The minimum atomic E-state index is -4.47. The van der Waals surface area contributed by atoms with Gasteiger partial charge >= 0.3 is 6.18 Å². The third-order valence-electron chi connectivity index (χ3n) is 3.12. The van der Waals surface area contributed by atoms with Crippen LogP contribution in [0.1, 0.15) is 21.6 Å². The lowest BCUT2D eigenvalue weighted by atomic mass is 10.1. The smallest absolute Gasteiger partial charge is 0.433 e. The Morgan fingerprint density at radius 1 is 1.25 bits per heavy atom. The summed E-state index contributed by atoms with van der Waals surface area (Å²) in [5, 5.41) is 0.167. The first-order valence-electron chi connectivity index (χ1n) is 6.77. The van der Waals surface area contributed by atoms with E-state index in [9.17, 15) is 18.0 Å². The van der Waals surface area contributed by atoms with Gasteiger partial charge in [0, 0.05) is 17.8 Å². The summed E-state index contributed by atoms with van der Waals surface area (Å²) in [6, 6.07) is 6.92. The fourth-order valence-corrected chi connectivity index (χ4v) is 2.21. The largest absolute Gasteiger partial charge is 0.496 e. The fourth-order valence-electron chi connectivity index (χ4n) is 1.91. The second kappa shape index (κ2) is 7.65. The Balaban J connectivity index is 2.08. The molecule has 8 heteroatoms. The van der Waals surface area contributed by atoms with Crippen molar-refractivity contribution >= 4 is 21.7 Å². The van der Waals surface area contributed by atoms with E-state index < -0.39 is 11.9 Å². The van der Waals surface area contributed by atoms with Gasteiger partial charge in [-0.3, -0.25) is 9.78 Å². The van der Waals surface area contributed by atoms with Gasteiger partial charge in [-0.05, 0) is 18.2 Å². The molecule has 0 amide bonds. The van der Waals surface area contributed by atoms with Crippen molar-refractivity contribution in [3.05, 3.63) is 53.3 Å². The Morgan fingerprint density at radius 2 is 2.00 bits per heavy atom. The summed E-state index contributed by atoms with van der Waals surface area (Å²) in [6.45, 7) is 0.0417. The van der Waals surface area contributed by atoms with Gasteiger partial charge in [0.25, 0.3) is 0 Å². The number of hydrogen-bond donors (Lipinski definition) is 0. The zero-order valence-electron chi connectivity index (χ0n) is 12.6. The van der Waals surface area contributed by atoms with Crippen LogP contribution >= 0.6 is 15.9 Å². The molecule has 4 nitrogen and oxygen atoms in total.